The van der Waals surface area contributed by atoms with Crippen molar-refractivity contribution in [3.8, 4) is 0 Å². The third-order valence-electron chi connectivity index (χ3n) is 4.65. The molecule has 0 bridgehead atoms. The summed E-state index contributed by atoms with van der Waals surface area (Å²) in [5.41, 5.74) is 1.26. The van der Waals surface area contributed by atoms with E-state index in [4.69, 9.17) is 0 Å². The summed E-state index contributed by atoms with van der Waals surface area (Å²) in [6.07, 6.45) is 6.30. The van der Waals surface area contributed by atoms with Gasteiger partial charge in [0.1, 0.15) is 5.82 Å². The minimum Gasteiger partial charge on any atom is -0.393 e. The first-order valence-electron chi connectivity index (χ1n) is 7.40. The number of halogens is 1. The highest BCUT2D eigenvalue weighted by atomic mass is 19.1. The van der Waals surface area contributed by atoms with Gasteiger partial charge in [0.25, 0.3) is 0 Å². The average molecular weight is 263 g/mol. The molecule has 0 unspecified atom stereocenters. The van der Waals surface area contributed by atoms with Gasteiger partial charge in [0, 0.05) is 12.1 Å². The monoisotopic (exact) mass is 263 g/mol. The van der Waals surface area contributed by atoms with Crippen molar-refractivity contribution in [2.45, 2.75) is 62.6 Å². The largest absolute Gasteiger partial charge is 0.393 e. The predicted octanol–water partition coefficient (Wildman–Crippen LogP) is 2.96. The zero-order valence-corrected chi connectivity index (χ0v) is 11.2. The lowest BCUT2D eigenvalue weighted by Crippen LogP contribution is -2.47. The molecule has 1 aromatic rings. The summed E-state index contributed by atoms with van der Waals surface area (Å²) in [5.74, 6) is 0.436. The van der Waals surface area contributed by atoms with E-state index < -0.39 is 0 Å². The highest BCUT2D eigenvalue weighted by Gasteiger charge is 2.32. The van der Waals surface area contributed by atoms with Gasteiger partial charge < -0.3 is 10.4 Å². The third-order valence-corrected chi connectivity index (χ3v) is 4.65. The van der Waals surface area contributed by atoms with Crippen LogP contribution in [0.15, 0.2) is 24.3 Å². The molecule has 0 saturated heterocycles. The maximum Gasteiger partial charge on any atom is 0.123 e. The van der Waals surface area contributed by atoms with Crippen molar-refractivity contribution in [3.63, 3.8) is 0 Å². The van der Waals surface area contributed by atoms with Crippen molar-refractivity contribution in [1.29, 1.82) is 0 Å². The summed E-state index contributed by atoms with van der Waals surface area (Å²) in [6, 6.07) is 8.12. The van der Waals surface area contributed by atoms with E-state index >= 15 is 0 Å². The molecule has 2 nitrogen and oxygen atoms in total. The molecule has 0 radical (unpaired) electrons. The number of hydrogen-bond donors (Lipinski definition) is 2. The Bertz CT molecular complexity index is 405. The first-order valence-corrected chi connectivity index (χ1v) is 7.40. The number of aliphatic hydroxyl groups is 1. The van der Waals surface area contributed by atoms with Crippen LogP contribution in [0.2, 0.25) is 0 Å². The number of nitrogens with one attached hydrogen (secondary N) is 1. The van der Waals surface area contributed by atoms with Crippen molar-refractivity contribution in [2.24, 2.45) is 0 Å². The van der Waals surface area contributed by atoms with Gasteiger partial charge >= 0.3 is 0 Å². The van der Waals surface area contributed by atoms with E-state index in [1.165, 1.54) is 5.56 Å². The van der Waals surface area contributed by atoms with Crippen LogP contribution < -0.4 is 5.32 Å². The maximum absolute atomic E-state index is 12.9. The lowest BCUT2D eigenvalue weighted by Gasteiger charge is -2.40. The molecule has 1 aromatic carbocycles. The topological polar surface area (TPSA) is 32.3 Å². The van der Waals surface area contributed by atoms with E-state index in [9.17, 15) is 9.50 Å². The Balaban J connectivity index is 1.44. The molecule has 3 heteroatoms. The molecule has 0 amide bonds. The van der Waals surface area contributed by atoms with Crippen molar-refractivity contribution >= 4 is 0 Å². The van der Waals surface area contributed by atoms with Crippen LogP contribution in [0.1, 0.15) is 50.0 Å². The van der Waals surface area contributed by atoms with Crippen LogP contribution in [0.5, 0.6) is 0 Å². The van der Waals surface area contributed by atoms with Crippen LogP contribution >= 0.6 is 0 Å². The molecule has 2 aliphatic carbocycles. The minimum absolute atomic E-state index is 0.0774. The Morgan fingerprint density at radius 1 is 0.947 bits per heavy atom. The molecule has 0 spiro atoms. The molecule has 3 rings (SSSR count). The summed E-state index contributed by atoms with van der Waals surface area (Å²) in [4.78, 5) is 0. The van der Waals surface area contributed by atoms with Gasteiger partial charge in [-0.15, -0.1) is 0 Å². The van der Waals surface area contributed by atoms with Crippen LogP contribution in [0, 0.1) is 5.82 Å². The van der Waals surface area contributed by atoms with Crippen molar-refractivity contribution < 1.29 is 9.50 Å². The van der Waals surface area contributed by atoms with Gasteiger partial charge in [-0.25, -0.2) is 4.39 Å². The molecule has 2 N–H and O–H groups in total. The average Bonchev–Trinajstić information content (AvgIpc) is 2.37. The summed E-state index contributed by atoms with van der Waals surface area (Å²) in [6.45, 7) is 0. The van der Waals surface area contributed by atoms with E-state index in [1.807, 2.05) is 12.1 Å². The van der Waals surface area contributed by atoms with Gasteiger partial charge in [-0.2, -0.15) is 0 Å². The highest BCUT2D eigenvalue weighted by molar-refractivity contribution is 5.23. The zero-order valence-electron chi connectivity index (χ0n) is 11.2. The van der Waals surface area contributed by atoms with Crippen molar-refractivity contribution in [3.05, 3.63) is 35.6 Å². The highest BCUT2D eigenvalue weighted by Crippen LogP contribution is 2.37. The number of benzene rings is 1. The van der Waals surface area contributed by atoms with Crippen LogP contribution in [0.25, 0.3) is 0 Å². The second-order valence-corrected chi connectivity index (χ2v) is 6.09. The summed E-state index contributed by atoms with van der Waals surface area (Å²) in [7, 11) is 0. The molecule has 0 aromatic heterocycles. The fourth-order valence-corrected chi connectivity index (χ4v) is 3.34. The van der Waals surface area contributed by atoms with Crippen LogP contribution in [-0.4, -0.2) is 23.3 Å². The number of hydrogen-bond acceptors (Lipinski definition) is 2. The smallest absolute Gasteiger partial charge is 0.123 e. The fourth-order valence-electron chi connectivity index (χ4n) is 3.34. The molecular formula is C16H22FNO. The van der Waals surface area contributed by atoms with Crippen LogP contribution in [0.4, 0.5) is 4.39 Å². The van der Waals surface area contributed by atoms with E-state index in [-0.39, 0.29) is 11.9 Å². The van der Waals surface area contributed by atoms with Gasteiger partial charge in [-0.1, -0.05) is 12.1 Å². The van der Waals surface area contributed by atoms with E-state index in [1.54, 1.807) is 12.1 Å². The van der Waals surface area contributed by atoms with Crippen LogP contribution in [-0.2, 0) is 0 Å². The van der Waals surface area contributed by atoms with E-state index in [2.05, 4.69) is 5.32 Å². The molecule has 2 aliphatic rings. The lowest BCUT2D eigenvalue weighted by atomic mass is 9.75. The SMILES string of the molecule is OC1CCC(NC2CC(c3ccc(F)cc3)C2)CC1. The lowest BCUT2D eigenvalue weighted by molar-refractivity contribution is 0.108. The molecule has 2 saturated carbocycles. The Morgan fingerprint density at radius 2 is 1.58 bits per heavy atom. The van der Waals surface area contributed by atoms with Gasteiger partial charge in [-0.05, 0) is 62.1 Å². The van der Waals surface area contributed by atoms with Gasteiger partial charge in [0.15, 0.2) is 0 Å². The molecule has 104 valence electrons. The second kappa shape index (κ2) is 5.59. The molecule has 0 atom stereocenters. The third kappa shape index (κ3) is 3.15. The second-order valence-electron chi connectivity index (χ2n) is 6.09. The Kier molecular flexibility index (Phi) is 3.85. The number of aliphatic hydroxyl groups excluding tert-OH is 1. The summed E-state index contributed by atoms with van der Waals surface area (Å²) in [5, 5.41) is 13.2. The van der Waals surface area contributed by atoms with Gasteiger partial charge in [-0.3, -0.25) is 0 Å². The molecule has 0 aliphatic heterocycles. The molecular weight excluding hydrogens is 241 g/mol. The standard InChI is InChI=1S/C16H22FNO/c17-13-3-1-11(2-4-13)12-9-15(10-12)18-14-5-7-16(19)8-6-14/h1-4,12,14-16,18-19H,5-10H2. The molecule has 19 heavy (non-hydrogen) atoms. The Morgan fingerprint density at radius 3 is 2.21 bits per heavy atom. The van der Waals surface area contributed by atoms with E-state index in [0.29, 0.717) is 18.0 Å². The summed E-state index contributed by atoms with van der Waals surface area (Å²) >= 11 is 0. The van der Waals surface area contributed by atoms with Crippen LogP contribution in [0.3, 0.4) is 0 Å². The summed E-state index contributed by atoms with van der Waals surface area (Å²) < 4.78 is 12.9. The first-order chi connectivity index (χ1) is 9.20. The Hall–Kier alpha value is -0.930. The zero-order chi connectivity index (χ0) is 13.2. The van der Waals surface area contributed by atoms with Gasteiger partial charge in [0.2, 0.25) is 0 Å². The minimum atomic E-state index is -0.154. The maximum atomic E-state index is 12.9. The molecule has 2 fully saturated rings. The Labute approximate surface area is 114 Å². The number of rotatable bonds is 3. The van der Waals surface area contributed by atoms with Crippen molar-refractivity contribution in [1.82, 2.24) is 5.32 Å². The molecule has 0 heterocycles. The predicted molar refractivity (Wildman–Crippen MR) is 73.6 cm³/mol. The van der Waals surface area contributed by atoms with Gasteiger partial charge in [0.05, 0.1) is 6.10 Å². The fraction of sp³-hybridized carbons (Fsp3) is 0.625. The normalized spacial score (nSPS) is 34.8. The quantitative estimate of drug-likeness (QED) is 0.878. The van der Waals surface area contributed by atoms with E-state index in [0.717, 1.165) is 38.5 Å². The first kappa shape index (κ1) is 13.1. The van der Waals surface area contributed by atoms with Crippen molar-refractivity contribution in [2.75, 3.05) is 0 Å².